The van der Waals surface area contributed by atoms with Crippen molar-refractivity contribution in [1.82, 2.24) is 14.4 Å². The molecule has 0 spiro atoms. The summed E-state index contributed by atoms with van der Waals surface area (Å²) in [4.78, 5) is 35.0. The summed E-state index contributed by atoms with van der Waals surface area (Å²) in [6.45, 7) is 4.48. The van der Waals surface area contributed by atoms with Gasteiger partial charge in [0.25, 0.3) is 5.91 Å². The molecule has 2 atom stereocenters. The number of aromatic nitrogens is 1. The molecule has 6 rings (SSSR count). The fraction of sp³-hybridized carbons (Fsp3) is 0.333. The first-order valence-electron chi connectivity index (χ1n) is 14.2. The van der Waals surface area contributed by atoms with Crippen LogP contribution in [0.2, 0.25) is 0 Å². The van der Waals surface area contributed by atoms with Gasteiger partial charge in [0.1, 0.15) is 0 Å². The van der Waals surface area contributed by atoms with E-state index < -0.39 is 12.0 Å². The number of piperazine rings is 1. The number of amides is 2. The highest BCUT2D eigenvalue weighted by Crippen LogP contribution is 2.46. The van der Waals surface area contributed by atoms with E-state index in [0.717, 1.165) is 59.6 Å². The van der Waals surface area contributed by atoms with Gasteiger partial charge in [0.15, 0.2) is 0 Å². The molecule has 0 saturated carbocycles. The molecule has 8 nitrogen and oxygen atoms in total. The Bertz CT molecular complexity index is 1570. The molecular weight excluding hydrogens is 514 g/mol. The van der Waals surface area contributed by atoms with E-state index in [1.165, 1.54) is 0 Å². The lowest BCUT2D eigenvalue weighted by atomic mass is 9.79. The van der Waals surface area contributed by atoms with Crippen LogP contribution in [-0.2, 0) is 16.6 Å². The molecule has 3 aromatic carbocycles. The molecule has 1 saturated heterocycles. The molecule has 4 aromatic rings. The zero-order valence-corrected chi connectivity index (χ0v) is 23.9. The lowest BCUT2D eigenvalue weighted by molar-refractivity contribution is -0.119. The Morgan fingerprint density at radius 2 is 1.61 bits per heavy atom. The van der Waals surface area contributed by atoms with Crippen molar-refractivity contribution in [3.8, 4) is 0 Å². The van der Waals surface area contributed by atoms with Crippen LogP contribution in [0.15, 0.2) is 79.0 Å². The van der Waals surface area contributed by atoms with Crippen LogP contribution in [0.4, 0.5) is 11.4 Å². The number of carbonyl (C=O) groups excluding carboxylic acids is 2. The predicted molar refractivity (Wildman–Crippen MR) is 163 cm³/mol. The summed E-state index contributed by atoms with van der Waals surface area (Å²) < 4.78 is 7.50. The number of benzene rings is 3. The van der Waals surface area contributed by atoms with E-state index in [0.29, 0.717) is 18.7 Å². The molecule has 212 valence electrons. The van der Waals surface area contributed by atoms with Gasteiger partial charge in [0.05, 0.1) is 29.9 Å². The van der Waals surface area contributed by atoms with E-state index >= 15 is 0 Å². The minimum absolute atomic E-state index is 0.0857. The number of ether oxygens (including phenoxy) is 1. The summed E-state index contributed by atoms with van der Waals surface area (Å²) in [5.74, 6) is -0.837. The van der Waals surface area contributed by atoms with Gasteiger partial charge in [-0.15, -0.1) is 0 Å². The molecule has 8 heteroatoms. The molecule has 2 aliphatic heterocycles. The summed E-state index contributed by atoms with van der Waals surface area (Å²) in [5.41, 5.74) is 5.13. The molecule has 1 N–H and O–H groups in total. The number of rotatable bonds is 7. The number of nitrogens with zero attached hydrogens (tertiary/aromatic N) is 4. The van der Waals surface area contributed by atoms with Crippen molar-refractivity contribution in [2.75, 3.05) is 63.7 Å². The van der Waals surface area contributed by atoms with E-state index in [9.17, 15) is 9.59 Å². The molecule has 3 heterocycles. The topological polar surface area (TPSA) is 70.1 Å². The maximum Gasteiger partial charge on any atom is 0.254 e. The van der Waals surface area contributed by atoms with Gasteiger partial charge in [-0.2, -0.15) is 0 Å². The van der Waals surface area contributed by atoms with Crippen LogP contribution in [0, 0.1) is 0 Å². The second-order valence-corrected chi connectivity index (χ2v) is 11.0. The van der Waals surface area contributed by atoms with Gasteiger partial charge < -0.3 is 29.3 Å². The van der Waals surface area contributed by atoms with Crippen LogP contribution in [0.5, 0.6) is 0 Å². The van der Waals surface area contributed by atoms with Gasteiger partial charge >= 0.3 is 0 Å². The van der Waals surface area contributed by atoms with E-state index in [4.69, 9.17) is 4.74 Å². The molecule has 1 aromatic heterocycles. The third-order valence-corrected chi connectivity index (χ3v) is 8.51. The smallest absolute Gasteiger partial charge is 0.254 e. The zero-order valence-electron chi connectivity index (χ0n) is 23.9. The second-order valence-electron chi connectivity index (χ2n) is 11.0. The van der Waals surface area contributed by atoms with Crippen molar-refractivity contribution in [3.63, 3.8) is 0 Å². The molecule has 2 unspecified atom stereocenters. The molecule has 1 fully saturated rings. The molecule has 0 bridgehead atoms. The lowest BCUT2D eigenvalue weighted by Gasteiger charge is -2.41. The Hall–Kier alpha value is -4.14. The maximum absolute atomic E-state index is 14.6. The quantitative estimate of drug-likeness (QED) is 0.367. The Labute approximate surface area is 241 Å². The first-order valence-corrected chi connectivity index (χ1v) is 14.2. The summed E-state index contributed by atoms with van der Waals surface area (Å²) in [7, 11) is 5.77. The first kappa shape index (κ1) is 27.1. The number of para-hydroxylation sites is 3. The number of carbonyl (C=O) groups is 2. The molecule has 0 aliphatic carbocycles. The van der Waals surface area contributed by atoms with Crippen LogP contribution in [-0.4, -0.2) is 79.7 Å². The Morgan fingerprint density at radius 1 is 0.902 bits per heavy atom. The highest BCUT2D eigenvalue weighted by Gasteiger charge is 2.45. The first-order chi connectivity index (χ1) is 20.0. The van der Waals surface area contributed by atoms with Gasteiger partial charge in [0, 0.05) is 75.1 Å². The monoisotopic (exact) mass is 551 g/mol. The number of fused-ring (bicyclic) bond motifs is 2. The highest BCUT2D eigenvalue weighted by atomic mass is 16.5. The van der Waals surface area contributed by atoms with E-state index in [1.54, 1.807) is 7.11 Å². The average Bonchev–Trinajstić information content (AvgIpc) is 3.33. The standard InChI is InChI=1S/C33H37N5O3/c1-35-16-18-37(19-17-35)29-15-9-7-13-27(29)34-32(39)30-24-11-4-5-12-25(24)33(40)38(20-21-41-3)31(30)26-22-36(2)28-14-8-6-10-23(26)28/h4-15,22,30-31H,16-21H2,1-3H3,(H,34,39). The van der Waals surface area contributed by atoms with Crippen molar-refractivity contribution in [2.24, 2.45) is 7.05 Å². The van der Waals surface area contributed by atoms with Gasteiger partial charge in [0.2, 0.25) is 5.91 Å². The highest BCUT2D eigenvalue weighted by molar-refractivity contribution is 6.06. The number of aryl methyl sites for hydroxylation is 1. The maximum atomic E-state index is 14.6. The fourth-order valence-corrected chi connectivity index (χ4v) is 6.38. The number of anilines is 2. The number of methoxy groups -OCH3 is 1. The average molecular weight is 552 g/mol. The third kappa shape index (κ3) is 4.98. The molecule has 2 amide bonds. The number of hydrogen-bond acceptors (Lipinski definition) is 5. The van der Waals surface area contributed by atoms with Crippen molar-refractivity contribution < 1.29 is 14.3 Å². The largest absolute Gasteiger partial charge is 0.383 e. The lowest BCUT2D eigenvalue weighted by Crippen LogP contribution is -2.47. The predicted octanol–water partition coefficient (Wildman–Crippen LogP) is 4.50. The van der Waals surface area contributed by atoms with Crippen molar-refractivity contribution in [1.29, 1.82) is 0 Å². The molecular formula is C33H37N5O3. The van der Waals surface area contributed by atoms with Crippen LogP contribution in [0.3, 0.4) is 0 Å². The van der Waals surface area contributed by atoms with Gasteiger partial charge in [-0.25, -0.2) is 0 Å². The Balaban J connectivity index is 1.46. The Kier molecular flexibility index (Phi) is 7.51. The van der Waals surface area contributed by atoms with Crippen molar-refractivity contribution in [2.45, 2.75) is 12.0 Å². The van der Waals surface area contributed by atoms with E-state index in [1.807, 2.05) is 66.5 Å². The normalized spacial score (nSPS) is 19.4. The summed E-state index contributed by atoms with van der Waals surface area (Å²) in [6, 6.07) is 23.2. The van der Waals surface area contributed by atoms with E-state index in [2.05, 4.69) is 51.1 Å². The second kappa shape index (κ2) is 11.4. The van der Waals surface area contributed by atoms with Crippen LogP contribution >= 0.6 is 0 Å². The number of likely N-dealkylation sites (N-methyl/N-ethyl adjacent to an activating group) is 1. The molecule has 0 radical (unpaired) electrons. The third-order valence-electron chi connectivity index (χ3n) is 8.51. The molecule has 41 heavy (non-hydrogen) atoms. The summed E-state index contributed by atoms with van der Waals surface area (Å²) in [5, 5.41) is 4.34. The van der Waals surface area contributed by atoms with Crippen LogP contribution in [0.1, 0.15) is 33.4 Å². The number of nitrogens with one attached hydrogen (secondary N) is 1. The van der Waals surface area contributed by atoms with Crippen LogP contribution < -0.4 is 10.2 Å². The number of hydrogen-bond donors (Lipinski definition) is 1. The molecule has 2 aliphatic rings. The van der Waals surface area contributed by atoms with Crippen LogP contribution in [0.25, 0.3) is 10.9 Å². The summed E-state index contributed by atoms with van der Waals surface area (Å²) in [6.07, 6.45) is 2.06. The van der Waals surface area contributed by atoms with Crippen molar-refractivity contribution >= 4 is 34.1 Å². The minimum Gasteiger partial charge on any atom is -0.383 e. The van der Waals surface area contributed by atoms with Gasteiger partial charge in [-0.05, 0) is 36.9 Å². The summed E-state index contributed by atoms with van der Waals surface area (Å²) >= 11 is 0. The van der Waals surface area contributed by atoms with Gasteiger partial charge in [-0.1, -0.05) is 48.5 Å². The van der Waals surface area contributed by atoms with Gasteiger partial charge in [-0.3, -0.25) is 9.59 Å². The zero-order chi connectivity index (χ0) is 28.5. The minimum atomic E-state index is -0.618. The fourth-order valence-electron chi connectivity index (χ4n) is 6.38. The Morgan fingerprint density at radius 3 is 2.41 bits per heavy atom. The van der Waals surface area contributed by atoms with E-state index in [-0.39, 0.29) is 11.8 Å². The SMILES string of the molecule is COCCN1C(=O)c2ccccc2C(C(=O)Nc2ccccc2N2CCN(C)CC2)C1c1cn(C)c2ccccc12. The van der Waals surface area contributed by atoms with Crippen molar-refractivity contribution in [3.05, 3.63) is 95.7 Å².